The van der Waals surface area contributed by atoms with Crippen LogP contribution in [0.25, 0.3) is 27.9 Å². The molecule has 5 aromatic rings. The van der Waals surface area contributed by atoms with Gasteiger partial charge in [0.1, 0.15) is 23.5 Å². The molecule has 12 nitrogen and oxygen atoms in total. The van der Waals surface area contributed by atoms with Gasteiger partial charge in [-0.25, -0.2) is 9.67 Å². The molecule has 198 valence electrons. The second-order valence-electron chi connectivity index (χ2n) is 9.33. The lowest BCUT2D eigenvalue weighted by Crippen LogP contribution is -2.47. The summed E-state index contributed by atoms with van der Waals surface area (Å²) >= 11 is 0. The number of ketones is 1. The van der Waals surface area contributed by atoms with E-state index in [1.54, 1.807) is 23.7 Å². The Hall–Kier alpha value is -5.00. The molecule has 12 heteroatoms. The number of phenols is 1. The predicted molar refractivity (Wildman–Crippen MR) is 145 cm³/mol. The largest absolute Gasteiger partial charge is 0.508 e. The maximum absolute atomic E-state index is 12.7. The number of carboxylic acid groups (broad SMARTS) is 1. The van der Waals surface area contributed by atoms with Crippen molar-refractivity contribution in [1.82, 2.24) is 29.3 Å². The van der Waals surface area contributed by atoms with E-state index in [4.69, 9.17) is 9.97 Å². The van der Waals surface area contributed by atoms with Gasteiger partial charge in [-0.3, -0.25) is 9.59 Å². The third-order valence-electron chi connectivity index (χ3n) is 6.90. The van der Waals surface area contributed by atoms with Crippen LogP contribution < -0.4 is 9.80 Å². The zero-order valence-electron chi connectivity index (χ0n) is 21.2. The van der Waals surface area contributed by atoms with Crippen LogP contribution in [0.2, 0.25) is 0 Å². The van der Waals surface area contributed by atoms with Crippen molar-refractivity contribution in [3.63, 3.8) is 0 Å². The quantitative estimate of drug-likeness (QED) is 0.304. The molecule has 0 aliphatic carbocycles. The molecule has 0 spiro atoms. The van der Waals surface area contributed by atoms with E-state index in [9.17, 15) is 19.8 Å². The van der Waals surface area contributed by atoms with E-state index in [1.807, 2.05) is 36.4 Å². The second-order valence-corrected chi connectivity index (χ2v) is 9.33. The van der Waals surface area contributed by atoms with Gasteiger partial charge in [-0.1, -0.05) is 25.1 Å². The van der Waals surface area contributed by atoms with Crippen LogP contribution in [0.1, 0.15) is 23.8 Å². The molecule has 2 aromatic carbocycles. The topological polar surface area (TPSA) is 142 Å². The van der Waals surface area contributed by atoms with Gasteiger partial charge in [0.15, 0.2) is 17.2 Å². The Kier molecular flexibility index (Phi) is 6.06. The second kappa shape index (κ2) is 9.71. The van der Waals surface area contributed by atoms with Gasteiger partial charge in [-0.05, 0) is 30.3 Å². The lowest BCUT2D eigenvalue weighted by Gasteiger charge is -2.36. The first kappa shape index (κ1) is 24.3. The maximum atomic E-state index is 12.7. The number of piperazine rings is 1. The Bertz CT molecular complexity index is 1700. The van der Waals surface area contributed by atoms with E-state index in [0.29, 0.717) is 59.0 Å². The number of rotatable bonds is 7. The lowest BCUT2D eigenvalue weighted by molar-refractivity contribution is -0.137. The maximum Gasteiger partial charge on any atom is 0.323 e. The van der Waals surface area contributed by atoms with Crippen LogP contribution in [-0.2, 0) is 11.3 Å². The molecule has 3 aromatic heterocycles. The van der Waals surface area contributed by atoms with Crippen LogP contribution in [0.5, 0.6) is 5.75 Å². The van der Waals surface area contributed by atoms with Gasteiger partial charge in [-0.2, -0.15) is 15.1 Å². The van der Waals surface area contributed by atoms with Crippen molar-refractivity contribution in [2.24, 2.45) is 0 Å². The average Bonchev–Trinajstić information content (AvgIpc) is 3.54. The number of nitrogens with zero attached hydrogens (tertiary/aromatic N) is 8. The fourth-order valence-corrected chi connectivity index (χ4v) is 4.93. The SMILES string of the molecule is CCC(=O)c1nn(-c2nc(N3CCN(c4ccc(O)cc4)CC3)nc3ncn(CC(=O)O)c23)c2ccccc12. The number of aliphatic carboxylic acids is 1. The first-order valence-electron chi connectivity index (χ1n) is 12.7. The number of carboxylic acids is 1. The molecule has 4 heterocycles. The molecule has 0 bridgehead atoms. The summed E-state index contributed by atoms with van der Waals surface area (Å²) in [4.78, 5) is 42.6. The van der Waals surface area contributed by atoms with Crippen LogP contribution in [0.4, 0.5) is 11.6 Å². The third-order valence-corrected chi connectivity index (χ3v) is 6.90. The average molecular weight is 527 g/mol. The molecular weight excluding hydrogens is 500 g/mol. The highest BCUT2D eigenvalue weighted by molar-refractivity contribution is 6.06. The fraction of sp³-hybridized carbons (Fsp3) is 0.259. The van der Waals surface area contributed by atoms with Gasteiger partial charge in [0, 0.05) is 43.7 Å². The standard InChI is InChI=1S/C27H26N8O4/c1-2-21(37)23-19-5-3-4-6-20(19)35(31-23)26-24-25(28-16-34(24)15-22(38)39)29-27(30-26)33-13-11-32(12-14-33)17-7-9-18(36)10-8-17/h3-10,16,36H,2,11-15H2,1H3,(H,38,39). The third kappa shape index (κ3) is 4.39. The normalized spacial score (nSPS) is 13.9. The summed E-state index contributed by atoms with van der Waals surface area (Å²) in [6.45, 7) is 4.18. The van der Waals surface area contributed by atoms with Crippen molar-refractivity contribution < 1.29 is 19.8 Å². The van der Waals surface area contributed by atoms with Crippen molar-refractivity contribution in [3.05, 3.63) is 60.6 Å². The van der Waals surface area contributed by atoms with Crippen molar-refractivity contribution >= 4 is 45.5 Å². The molecule has 1 aliphatic heterocycles. The number of fused-ring (bicyclic) bond motifs is 2. The number of aromatic nitrogens is 6. The van der Waals surface area contributed by atoms with Gasteiger partial charge >= 0.3 is 5.97 Å². The van der Waals surface area contributed by atoms with E-state index >= 15 is 0 Å². The molecule has 2 N–H and O–H groups in total. The van der Waals surface area contributed by atoms with E-state index in [2.05, 4.69) is 19.9 Å². The number of imidazole rings is 1. The monoisotopic (exact) mass is 526 g/mol. The van der Waals surface area contributed by atoms with Gasteiger partial charge in [0.05, 0.1) is 11.8 Å². The Morgan fingerprint density at radius 3 is 2.38 bits per heavy atom. The minimum atomic E-state index is -1.03. The lowest BCUT2D eigenvalue weighted by atomic mass is 10.1. The molecule has 1 saturated heterocycles. The highest BCUT2D eigenvalue weighted by Gasteiger charge is 2.25. The highest BCUT2D eigenvalue weighted by atomic mass is 16.4. The molecule has 1 aliphatic rings. The smallest absolute Gasteiger partial charge is 0.323 e. The summed E-state index contributed by atoms with van der Waals surface area (Å²) in [5, 5.41) is 24.5. The van der Waals surface area contributed by atoms with Crippen LogP contribution in [-0.4, -0.2) is 77.4 Å². The van der Waals surface area contributed by atoms with E-state index in [-0.39, 0.29) is 18.1 Å². The Morgan fingerprint density at radius 1 is 0.949 bits per heavy atom. The summed E-state index contributed by atoms with van der Waals surface area (Å²) in [5.74, 6) is -0.0851. The number of anilines is 2. The van der Waals surface area contributed by atoms with Crippen molar-refractivity contribution in [2.75, 3.05) is 36.0 Å². The molecule has 1 fully saturated rings. The summed E-state index contributed by atoms with van der Waals surface area (Å²) in [5.41, 5.74) is 2.81. The molecule has 6 rings (SSSR count). The fourth-order valence-electron chi connectivity index (χ4n) is 4.93. The molecular formula is C27H26N8O4. The van der Waals surface area contributed by atoms with Crippen LogP contribution in [0.15, 0.2) is 54.9 Å². The molecule has 39 heavy (non-hydrogen) atoms. The van der Waals surface area contributed by atoms with E-state index < -0.39 is 5.97 Å². The van der Waals surface area contributed by atoms with Gasteiger partial charge in [0.25, 0.3) is 0 Å². The predicted octanol–water partition coefficient (Wildman–Crippen LogP) is 2.87. The summed E-state index contributed by atoms with van der Waals surface area (Å²) in [7, 11) is 0. The van der Waals surface area contributed by atoms with E-state index in [1.165, 1.54) is 10.9 Å². The Balaban J connectivity index is 1.44. The Morgan fingerprint density at radius 2 is 1.67 bits per heavy atom. The van der Waals surface area contributed by atoms with Crippen molar-refractivity contribution in [3.8, 4) is 11.6 Å². The first-order chi connectivity index (χ1) is 18.9. The highest BCUT2D eigenvalue weighted by Crippen LogP contribution is 2.29. The van der Waals surface area contributed by atoms with Crippen molar-refractivity contribution in [1.29, 1.82) is 0 Å². The minimum absolute atomic E-state index is 0.0973. The number of benzene rings is 2. The number of carbonyl (C=O) groups excluding carboxylic acids is 1. The molecule has 0 amide bonds. The zero-order valence-corrected chi connectivity index (χ0v) is 21.2. The molecule has 0 unspecified atom stereocenters. The summed E-state index contributed by atoms with van der Waals surface area (Å²) < 4.78 is 3.08. The minimum Gasteiger partial charge on any atom is -0.508 e. The van der Waals surface area contributed by atoms with Crippen LogP contribution >= 0.6 is 0 Å². The zero-order chi connectivity index (χ0) is 27.1. The molecule has 0 saturated carbocycles. The molecule has 0 atom stereocenters. The number of hydrogen-bond donors (Lipinski definition) is 2. The number of hydrogen-bond acceptors (Lipinski definition) is 9. The van der Waals surface area contributed by atoms with Crippen LogP contribution in [0, 0.1) is 0 Å². The molecule has 0 radical (unpaired) electrons. The first-order valence-corrected chi connectivity index (χ1v) is 12.7. The number of para-hydroxylation sites is 1. The van der Waals surface area contributed by atoms with Crippen LogP contribution in [0.3, 0.4) is 0 Å². The Labute approximate surface area is 222 Å². The number of Topliss-reactive ketones (excluding diaryl/α,β-unsaturated/α-hetero) is 1. The van der Waals surface area contributed by atoms with Crippen molar-refractivity contribution in [2.45, 2.75) is 19.9 Å². The summed E-state index contributed by atoms with van der Waals surface area (Å²) in [6.07, 6.45) is 1.74. The van der Waals surface area contributed by atoms with Gasteiger partial charge in [0.2, 0.25) is 5.95 Å². The van der Waals surface area contributed by atoms with E-state index in [0.717, 1.165) is 18.8 Å². The number of aromatic hydroxyl groups is 1. The van der Waals surface area contributed by atoms with Gasteiger partial charge in [-0.15, -0.1) is 0 Å². The number of carbonyl (C=O) groups is 2. The van der Waals surface area contributed by atoms with Gasteiger partial charge < -0.3 is 24.6 Å². The number of phenolic OH excluding ortho intramolecular Hbond substituents is 1. The summed E-state index contributed by atoms with van der Waals surface area (Å²) in [6, 6.07) is 14.5.